The molecule has 2 aliphatic heterocycles. The molecule has 0 aromatic heterocycles. The molecule has 5 nitrogen and oxygen atoms in total. The molecule has 2 aliphatic rings. The first-order chi connectivity index (χ1) is 11.3. The molecule has 6 heteroatoms. The van der Waals surface area contributed by atoms with Gasteiger partial charge in [0.25, 0.3) is 5.91 Å². The second-order valence-electron chi connectivity index (χ2n) is 7.40. The molecular weight excluding hydrogens is 372 g/mol. The van der Waals surface area contributed by atoms with Gasteiger partial charge < -0.3 is 14.5 Å². The van der Waals surface area contributed by atoms with Gasteiger partial charge in [0.1, 0.15) is 5.60 Å². The van der Waals surface area contributed by atoms with Crippen LogP contribution in [0.4, 0.5) is 4.79 Å². The molecule has 2 amide bonds. The van der Waals surface area contributed by atoms with Gasteiger partial charge in [0.15, 0.2) is 0 Å². The van der Waals surface area contributed by atoms with Crippen LogP contribution in [-0.2, 0) is 11.3 Å². The lowest BCUT2D eigenvalue weighted by Crippen LogP contribution is -2.48. The van der Waals surface area contributed by atoms with Gasteiger partial charge in [-0.05, 0) is 51.3 Å². The van der Waals surface area contributed by atoms with Crippen LogP contribution in [0.25, 0.3) is 0 Å². The van der Waals surface area contributed by atoms with Crippen LogP contribution in [0.3, 0.4) is 0 Å². The Morgan fingerprint density at radius 1 is 1.25 bits per heavy atom. The number of ether oxygens (including phenoxy) is 1. The average Bonchev–Trinajstić information content (AvgIpc) is 2.85. The summed E-state index contributed by atoms with van der Waals surface area (Å²) < 4.78 is 6.41. The van der Waals surface area contributed by atoms with Crippen molar-refractivity contribution in [3.8, 4) is 0 Å². The molecule has 1 aromatic rings. The minimum atomic E-state index is -0.479. The van der Waals surface area contributed by atoms with Crippen LogP contribution < -0.4 is 0 Å². The van der Waals surface area contributed by atoms with Gasteiger partial charge in [0.05, 0.1) is 0 Å². The van der Waals surface area contributed by atoms with Gasteiger partial charge in [-0.2, -0.15) is 0 Å². The number of likely N-dealkylation sites (tertiary alicyclic amines) is 1. The first-order valence-corrected chi connectivity index (χ1v) is 9.12. The van der Waals surface area contributed by atoms with Crippen molar-refractivity contribution < 1.29 is 14.3 Å². The number of amides is 2. The Bertz CT molecular complexity index is 661. The molecule has 0 radical (unpaired) electrons. The maximum Gasteiger partial charge on any atom is 0.410 e. The maximum absolute atomic E-state index is 12.7. The monoisotopic (exact) mass is 394 g/mol. The highest BCUT2D eigenvalue weighted by atomic mass is 79.9. The van der Waals surface area contributed by atoms with Crippen molar-refractivity contribution in [2.24, 2.45) is 0 Å². The fraction of sp³-hybridized carbons (Fsp3) is 0.556. The number of fused-ring (bicyclic) bond motifs is 1. The van der Waals surface area contributed by atoms with E-state index in [1.54, 1.807) is 4.90 Å². The molecule has 0 N–H and O–H groups in total. The Morgan fingerprint density at radius 3 is 2.50 bits per heavy atom. The van der Waals surface area contributed by atoms with E-state index < -0.39 is 5.60 Å². The Labute approximate surface area is 151 Å². The summed E-state index contributed by atoms with van der Waals surface area (Å²) in [5, 5.41) is 0. The van der Waals surface area contributed by atoms with Crippen molar-refractivity contribution in [1.82, 2.24) is 9.80 Å². The summed E-state index contributed by atoms with van der Waals surface area (Å²) in [5.41, 5.74) is 1.38. The quantitative estimate of drug-likeness (QED) is 0.727. The first kappa shape index (κ1) is 17.3. The third-order valence-corrected chi connectivity index (χ3v) is 5.24. The van der Waals surface area contributed by atoms with E-state index in [9.17, 15) is 9.59 Å². The zero-order valence-corrected chi connectivity index (χ0v) is 15.9. The van der Waals surface area contributed by atoms with E-state index in [2.05, 4.69) is 15.9 Å². The molecule has 1 aromatic carbocycles. The lowest BCUT2D eigenvalue weighted by molar-refractivity contribution is 0.0148. The summed E-state index contributed by atoms with van der Waals surface area (Å²) in [5.74, 6) is 0.0991. The molecule has 3 rings (SSSR count). The Kier molecular flexibility index (Phi) is 4.60. The molecule has 1 fully saturated rings. The average molecular weight is 395 g/mol. The molecule has 2 heterocycles. The van der Waals surface area contributed by atoms with Crippen LogP contribution in [0.15, 0.2) is 22.7 Å². The third-order valence-electron chi connectivity index (χ3n) is 4.50. The zero-order valence-electron chi connectivity index (χ0n) is 14.3. The summed E-state index contributed by atoms with van der Waals surface area (Å²) in [4.78, 5) is 28.5. The van der Waals surface area contributed by atoms with Crippen molar-refractivity contribution in [3.05, 3.63) is 33.8 Å². The van der Waals surface area contributed by atoms with Gasteiger partial charge in [-0.15, -0.1) is 0 Å². The van der Waals surface area contributed by atoms with Crippen LogP contribution in [0.5, 0.6) is 0 Å². The molecule has 1 saturated heterocycles. The summed E-state index contributed by atoms with van der Waals surface area (Å²) in [7, 11) is 0. The second kappa shape index (κ2) is 6.39. The number of rotatable bonds is 1. The molecule has 0 unspecified atom stereocenters. The number of halogens is 1. The molecule has 130 valence electrons. The van der Waals surface area contributed by atoms with Crippen LogP contribution in [-0.4, -0.2) is 46.5 Å². The summed E-state index contributed by atoms with van der Waals surface area (Å²) in [6, 6.07) is 5.93. The fourth-order valence-electron chi connectivity index (χ4n) is 3.30. The lowest BCUT2D eigenvalue weighted by atomic mass is 10.0. The van der Waals surface area contributed by atoms with E-state index in [1.807, 2.05) is 43.9 Å². The highest BCUT2D eigenvalue weighted by Gasteiger charge is 2.36. The maximum atomic E-state index is 12.7. The van der Waals surface area contributed by atoms with Crippen molar-refractivity contribution in [2.45, 2.75) is 51.8 Å². The number of hydrogen-bond donors (Lipinski definition) is 0. The predicted octanol–water partition coefficient (Wildman–Crippen LogP) is 3.80. The molecule has 0 spiro atoms. The number of carbonyl (C=O) groups is 2. The summed E-state index contributed by atoms with van der Waals surface area (Å²) >= 11 is 3.53. The van der Waals surface area contributed by atoms with Crippen LogP contribution in [0, 0.1) is 0 Å². The van der Waals surface area contributed by atoms with E-state index in [0.717, 1.165) is 28.4 Å². The Balaban J connectivity index is 1.61. The number of piperidine rings is 1. The molecule has 0 atom stereocenters. The Morgan fingerprint density at radius 2 is 1.92 bits per heavy atom. The SMILES string of the molecule is CC(C)(C)OC(=O)N1CCC(N2Cc3c(Br)cccc3C2=O)CC1. The summed E-state index contributed by atoms with van der Waals surface area (Å²) in [6.45, 7) is 7.51. The van der Waals surface area contributed by atoms with Gasteiger partial charge >= 0.3 is 6.09 Å². The number of benzene rings is 1. The van der Waals surface area contributed by atoms with Crippen LogP contribution in [0.2, 0.25) is 0 Å². The third kappa shape index (κ3) is 3.43. The normalized spacial score (nSPS) is 18.8. The van der Waals surface area contributed by atoms with Crippen molar-refractivity contribution in [2.75, 3.05) is 13.1 Å². The zero-order chi connectivity index (χ0) is 17.5. The smallest absolute Gasteiger partial charge is 0.410 e. The lowest BCUT2D eigenvalue weighted by Gasteiger charge is -2.37. The van der Waals surface area contributed by atoms with E-state index in [0.29, 0.717) is 19.6 Å². The van der Waals surface area contributed by atoms with Crippen LogP contribution in [0.1, 0.15) is 49.5 Å². The van der Waals surface area contributed by atoms with E-state index in [4.69, 9.17) is 4.74 Å². The predicted molar refractivity (Wildman–Crippen MR) is 94.8 cm³/mol. The number of hydrogen-bond acceptors (Lipinski definition) is 3. The number of carbonyl (C=O) groups excluding carboxylic acids is 2. The van der Waals surface area contributed by atoms with Crippen molar-refractivity contribution in [3.63, 3.8) is 0 Å². The molecular formula is C18H23BrN2O3. The fourth-order valence-corrected chi connectivity index (χ4v) is 3.79. The van der Waals surface area contributed by atoms with Gasteiger partial charge in [-0.25, -0.2) is 4.79 Å². The van der Waals surface area contributed by atoms with E-state index in [1.165, 1.54) is 0 Å². The van der Waals surface area contributed by atoms with Crippen molar-refractivity contribution in [1.29, 1.82) is 0 Å². The van der Waals surface area contributed by atoms with Crippen LogP contribution >= 0.6 is 15.9 Å². The van der Waals surface area contributed by atoms with Gasteiger partial charge in [-0.1, -0.05) is 22.0 Å². The van der Waals surface area contributed by atoms with Crippen molar-refractivity contribution >= 4 is 27.9 Å². The minimum Gasteiger partial charge on any atom is -0.444 e. The highest BCUT2D eigenvalue weighted by Crippen LogP contribution is 2.33. The molecule has 0 bridgehead atoms. The largest absolute Gasteiger partial charge is 0.444 e. The molecule has 0 saturated carbocycles. The van der Waals surface area contributed by atoms with Gasteiger partial charge in [-0.3, -0.25) is 4.79 Å². The molecule has 0 aliphatic carbocycles. The highest BCUT2D eigenvalue weighted by molar-refractivity contribution is 9.10. The topological polar surface area (TPSA) is 49.9 Å². The first-order valence-electron chi connectivity index (χ1n) is 8.32. The minimum absolute atomic E-state index is 0.0991. The van der Waals surface area contributed by atoms with Gasteiger partial charge in [0, 0.05) is 35.7 Å². The standard InChI is InChI=1S/C18H23BrN2O3/c1-18(2,3)24-17(23)20-9-7-12(8-10-20)21-11-14-13(16(21)22)5-4-6-15(14)19/h4-6,12H,7-11H2,1-3H3. The van der Waals surface area contributed by atoms with E-state index in [-0.39, 0.29) is 18.0 Å². The molecule has 24 heavy (non-hydrogen) atoms. The van der Waals surface area contributed by atoms with E-state index >= 15 is 0 Å². The van der Waals surface area contributed by atoms with Gasteiger partial charge in [0.2, 0.25) is 0 Å². The number of nitrogens with zero attached hydrogens (tertiary/aromatic N) is 2. The Hall–Kier alpha value is -1.56. The summed E-state index contributed by atoms with van der Waals surface area (Å²) in [6.07, 6.45) is 1.31. The second-order valence-corrected chi connectivity index (χ2v) is 8.25.